The predicted molar refractivity (Wildman–Crippen MR) is 124 cm³/mol. The second-order valence-corrected chi connectivity index (χ2v) is 8.33. The summed E-state index contributed by atoms with van der Waals surface area (Å²) in [5, 5.41) is 17.0. The molecular formula is C24H23ClN6O. The molecule has 162 valence electrons. The van der Waals surface area contributed by atoms with Gasteiger partial charge in [-0.3, -0.25) is 4.79 Å². The van der Waals surface area contributed by atoms with E-state index in [0.29, 0.717) is 17.2 Å². The SMILES string of the molecule is O=C(NCc1ccccc1Cl)C1CCN(c2ccc3nnc(-c4ccccc4)n3n2)CC1. The Morgan fingerprint density at radius 2 is 1.72 bits per heavy atom. The monoisotopic (exact) mass is 446 g/mol. The van der Waals surface area contributed by atoms with Crippen molar-refractivity contribution in [2.24, 2.45) is 5.92 Å². The van der Waals surface area contributed by atoms with E-state index in [4.69, 9.17) is 16.7 Å². The average molecular weight is 447 g/mol. The van der Waals surface area contributed by atoms with Crippen LogP contribution in [0.3, 0.4) is 0 Å². The average Bonchev–Trinajstić information content (AvgIpc) is 3.27. The molecule has 0 radical (unpaired) electrons. The summed E-state index contributed by atoms with van der Waals surface area (Å²) in [5.74, 6) is 1.66. The molecule has 0 unspecified atom stereocenters. The van der Waals surface area contributed by atoms with E-state index in [0.717, 1.165) is 48.7 Å². The Kier molecular flexibility index (Phi) is 5.73. The molecule has 1 aliphatic heterocycles. The molecule has 0 saturated carbocycles. The lowest BCUT2D eigenvalue weighted by Crippen LogP contribution is -2.40. The summed E-state index contributed by atoms with van der Waals surface area (Å²) in [6.45, 7) is 1.99. The van der Waals surface area contributed by atoms with Crippen LogP contribution in [0.15, 0.2) is 66.7 Å². The molecule has 32 heavy (non-hydrogen) atoms. The first-order valence-corrected chi connectivity index (χ1v) is 11.1. The molecule has 1 saturated heterocycles. The quantitative estimate of drug-likeness (QED) is 0.502. The Bertz CT molecular complexity index is 1230. The van der Waals surface area contributed by atoms with Crippen LogP contribution in [0.1, 0.15) is 18.4 Å². The highest BCUT2D eigenvalue weighted by atomic mass is 35.5. The van der Waals surface area contributed by atoms with Gasteiger partial charge in [0.15, 0.2) is 11.5 Å². The van der Waals surface area contributed by atoms with Crippen LogP contribution in [0.5, 0.6) is 0 Å². The fraction of sp³-hybridized carbons (Fsp3) is 0.250. The highest BCUT2D eigenvalue weighted by Gasteiger charge is 2.26. The topological polar surface area (TPSA) is 75.4 Å². The molecule has 0 aliphatic carbocycles. The van der Waals surface area contributed by atoms with Crippen LogP contribution in [-0.2, 0) is 11.3 Å². The summed E-state index contributed by atoms with van der Waals surface area (Å²) >= 11 is 6.19. The van der Waals surface area contributed by atoms with Crippen molar-refractivity contribution in [3.05, 3.63) is 77.3 Å². The van der Waals surface area contributed by atoms with E-state index in [9.17, 15) is 4.79 Å². The lowest BCUT2D eigenvalue weighted by Gasteiger charge is -2.32. The van der Waals surface area contributed by atoms with Gasteiger partial charge in [0.05, 0.1) is 0 Å². The minimum atomic E-state index is -0.00717. The first-order chi connectivity index (χ1) is 15.7. The van der Waals surface area contributed by atoms with Gasteiger partial charge in [0.25, 0.3) is 0 Å². The third-order valence-corrected chi connectivity index (χ3v) is 6.25. The molecule has 8 heteroatoms. The zero-order valence-corrected chi connectivity index (χ0v) is 18.2. The van der Waals surface area contributed by atoms with Crippen LogP contribution in [0.25, 0.3) is 17.0 Å². The fourth-order valence-electron chi connectivity index (χ4n) is 4.05. The fourth-order valence-corrected chi connectivity index (χ4v) is 4.26. The Morgan fingerprint density at radius 3 is 2.50 bits per heavy atom. The highest BCUT2D eigenvalue weighted by Crippen LogP contribution is 2.24. The summed E-state index contributed by atoms with van der Waals surface area (Å²) in [6, 6.07) is 21.4. The number of nitrogens with zero attached hydrogens (tertiary/aromatic N) is 5. The van der Waals surface area contributed by atoms with Crippen molar-refractivity contribution in [3.8, 4) is 11.4 Å². The maximum Gasteiger partial charge on any atom is 0.223 e. The summed E-state index contributed by atoms with van der Waals surface area (Å²) < 4.78 is 1.78. The molecule has 1 fully saturated rings. The number of carbonyl (C=O) groups excluding carboxylic acids is 1. The summed E-state index contributed by atoms with van der Waals surface area (Å²) in [7, 11) is 0. The number of benzene rings is 2. The van der Waals surface area contributed by atoms with Gasteiger partial charge in [-0.05, 0) is 36.6 Å². The van der Waals surface area contributed by atoms with E-state index < -0.39 is 0 Å². The molecule has 7 nitrogen and oxygen atoms in total. The van der Waals surface area contributed by atoms with Gasteiger partial charge >= 0.3 is 0 Å². The van der Waals surface area contributed by atoms with E-state index in [-0.39, 0.29) is 11.8 Å². The molecule has 2 aromatic heterocycles. The number of hydrogen-bond donors (Lipinski definition) is 1. The maximum absolute atomic E-state index is 12.7. The number of anilines is 1. The third kappa shape index (κ3) is 4.16. The van der Waals surface area contributed by atoms with Crippen molar-refractivity contribution in [2.45, 2.75) is 19.4 Å². The van der Waals surface area contributed by atoms with Gasteiger partial charge < -0.3 is 10.2 Å². The summed E-state index contributed by atoms with van der Waals surface area (Å²) in [4.78, 5) is 14.9. The number of piperidine rings is 1. The Hall–Kier alpha value is -3.45. The number of aromatic nitrogens is 4. The maximum atomic E-state index is 12.7. The van der Waals surface area contributed by atoms with Gasteiger partial charge in [-0.1, -0.05) is 60.1 Å². The molecule has 2 aromatic carbocycles. The number of nitrogens with one attached hydrogen (secondary N) is 1. The van der Waals surface area contributed by atoms with E-state index in [1.165, 1.54) is 0 Å². The lowest BCUT2D eigenvalue weighted by molar-refractivity contribution is -0.125. The molecule has 4 aromatic rings. The van der Waals surface area contributed by atoms with Crippen LogP contribution in [0.2, 0.25) is 5.02 Å². The number of carbonyl (C=O) groups is 1. The standard InChI is InChI=1S/C24H23ClN6O/c25-20-9-5-4-8-19(20)16-26-24(32)18-12-14-30(15-13-18)22-11-10-21-27-28-23(31(21)29-22)17-6-2-1-3-7-17/h1-11,18H,12-16H2,(H,26,32). The van der Waals surface area contributed by atoms with Gasteiger partial charge in [-0.15, -0.1) is 15.3 Å². The zero-order chi connectivity index (χ0) is 21.9. The number of hydrogen-bond acceptors (Lipinski definition) is 5. The zero-order valence-electron chi connectivity index (χ0n) is 17.5. The molecule has 0 bridgehead atoms. The van der Waals surface area contributed by atoms with Crippen molar-refractivity contribution >= 4 is 29.0 Å². The normalized spacial score (nSPS) is 14.6. The Balaban J connectivity index is 1.24. The summed E-state index contributed by atoms with van der Waals surface area (Å²) in [6.07, 6.45) is 1.56. The van der Waals surface area contributed by atoms with Crippen molar-refractivity contribution in [1.29, 1.82) is 0 Å². The highest BCUT2D eigenvalue weighted by molar-refractivity contribution is 6.31. The van der Waals surface area contributed by atoms with Crippen molar-refractivity contribution < 1.29 is 4.79 Å². The van der Waals surface area contributed by atoms with Crippen LogP contribution in [0, 0.1) is 5.92 Å². The first kappa shape index (κ1) is 20.5. The Morgan fingerprint density at radius 1 is 0.969 bits per heavy atom. The van der Waals surface area contributed by atoms with E-state index in [1.807, 2.05) is 66.7 Å². The van der Waals surface area contributed by atoms with Gasteiger partial charge in [0, 0.05) is 36.1 Å². The van der Waals surface area contributed by atoms with Crippen LogP contribution in [0.4, 0.5) is 5.82 Å². The number of halogens is 1. The molecule has 0 spiro atoms. The van der Waals surface area contributed by atoms with Crippen molar-refractivity contribution in [2.75, 3.05) is 18.0 Å². The second kappa shape index (κ2) is 8.96. The molecular weight excluding hydrogens is 424 g/mol. The third-order valence-electron chi connectivity index (χ3n) is 5.88. The molecule has 1 N–H and O–H groups in total. The number of amides is 1. The molecule has 3 heterocycles. The molecule has 1 aliphatic rings. The summed E-state index contributed by atoms with van der Waals surface area (Å²) in [5.41, 5.74) is 2.61. The lowest BCUT2D eigenvalue weighted by atomic mass is 9.96. The predicted octanol–water partition coefficient (Wildman–Crippen LogP) is 3.98. The van der Waals surface area contributed by atoms with Gasteiger partial charge in [-0.25, -0.2) is 0 Å². The van der Waals surface area contributed by atoms with E-state index >= 15 is 0 Å². The van der Waals surface area contributed by atoms with Gasteiger partial charge in [-0.2, -0.15) is 4.52 Å². The largest absolute Gasteiger partial charge is 0.355 e. The van der Waals surface area contributed by atoms with Crippen molar-refractivity contribution in [3.63, 3.8) is 0 Å². The van der Waals surface area contributed by atoms with Crippen LogP contribution >= 0.6 is 11.6 Å². The van der Waals surface area contributed by atoms with Crippen LogP contribution in [-0.4, -0.2) is 38.8 Å². The minimum Gasteiger partial charge on any atom is -0.355 e. The number of rotatable bonds is 5. The smallest absolute Gasteiger partial charge is 0.223 e. The van der Waals surface area contributed by atoms with Gasteiger partial charge in [0.1, 0.15) is 5.82 Å². The number of fused-ring (bicyclic) bond motifs is 1. The van der Waals surface area contributed by atoms with Crippen molar-refractivity contribution in [1.82, 2.24) is 25.1 Å². The van der Waals surface area contributed by atoms with Crippen LogP contribution < -0.4 is 10.2 Å². The molecule has 1 amide bonds. The van der Waals surface area contributed by atoms with Gasteiger partial charge in [0.2, 0.25) is 5.91 Å². The van der Waals surface area contributed by atoms with E-state index in [1.54, 1.807) is 4.52 Å². The molecule has 5 rings (SSSR count). The first-order valence-electron chi connectivity index (χ1n) is 10.7. The second-order valence-electron chi connectivity index (χ2n) is 7.92. The minimum absolute atomic E-state index is 0.00717. The Labute approximate surface area is 191 Å². The molecule has 0 atom stereocenters. The van der Waals surface area contributed by atoms with E-state index in [2.05, 4.69) is 20.4 Å².